The van der Waals surface area contributed by atoms with Crippen LogP contribution in [0.3, 0.4) is 0 Å². The number of carbonyl (C=O) groups excluding carboxylic acids is 4. The lowest BCUT2D eigenvalue weighted by Gasteiger charge is -2.59. The van der Waals surface area contributed by atoms with Crippen LogP contribution in [-0.4, -0.2) is 49.2 Å². The Bertz CT molecular complexity index is 1470. The zero-order valence-corrected chi connectivity index (χ0v) is 25.3. The maximum Gasteiger partial charge on any atom is 0.209 e. The third kappa shape index (κ3) is 4.04. The molecule has 0 aromatic heterocycles. The minimum absolute atomic E-state index is 0.00525. The van der Waals surface area contributed by atoms with Gasteiger partial charge in [0.1, 0.15) is 22.8 Å². The number of phenolic OH excluding ortho intramolecular Hbond substituents is 1. The Kier molecular flexibility index (Phi) is 7.12. The number of aliphatic hydroxyl groups excluding tert-OH is 2. The van der Waals surface area contributed by atoms with Gasteiger partial charge in [0.15, 0.2) is 23.0 Å². The van der Waals surface area contributed by atoms with E-state index < -0.39 is 56.8 Å². The summed E-state index contributed by atoms with van der Waals surface area (Å²) in [5.41, 5.74) is -5.45. The monoisotopic (exact) mass is 578 g/mol. The second-order valence-electron chi connectivity index (χ2n) is 14.2. The molecule has 1 aromatic carbocycles. The van der Waals surface area contributed by atoms with Crippen LogP contribution in [0.1, 0.15) is 106 Å². The Labute approximate surface area is 246 Å². The zero-order valence-electron chi connectivity index (χ0n) is 25.3. The van der Waals surface area contributed by atoms with Gasteiger partial charge in [-0.05, 0) is 68.1 Å². The number of ketones is 4. The highest BCUT2D eigenvalue weighted by Gasteiger charge is 2.71. The smallest absolute Gasteiger partial charge is 0.209 e. The number of hydrogen-bond acceptors (Lipinski definition) is 8. The van der Waals surface area contributed by atoms with Gasteiger partial charge in [-0.3, -0.25) is 19.2 Å². The average Bonchev–Trinajstić information content (AvgIpc) is 2.87. The van der Waals surface area contributed by atoms with Gasteiger partial charge >= 0.3 is 0 Å². The summed E-state index contributed by atoms with van der Waals surface area (Å²) in [6.07, 6.45) is 4.50. The summed E-state index contributed by atoms with van der Waals surface area (Å²) < 4.78 is 0. The first kappa shape index (κ1) is 30.2. The first-order valence-corrected chi connectivity index (χ1v) is 15.1. The summed E-state index contributed by atoms with van der Waals surface area (Å²) in [4.78, 5) is 54.1. The van der Waals surface area contributed by atoms with E-state index >= 15 is 0 Å². The highest BCUT2D eigenvalue weighted by atomic mass is 16.3. The molecule has 1 saturated carbocycles. The molecule has 0 heterocycles. The largest absolute Gasteiger partial charge is 0.511 e. The molecule has 1 unspecified atom stereocenters. The van der Waals surface area contributed by atoms with Crippen molar-refractivity contribution in [2.75, 3.05) is 0 Å². The standard InChI is InChI=1S/C34H42O8/c1-16(2)26-28(38)24(18(4)35)30(40)34(42)31(41)27-29(39)25-21(14-32(27,5)15-33(26,34)6)20(11-12-22(25)36)23(37)13-19-9-7-17(3)8-10-19/h11-12,16-17,19,26,36,38,41-42H,7-10,13-15H2,1-6H3/t17?,19?,26?,32-,33-,34+/m1/s1. The van der Waals surface area contributed by atoms with Crippen LogP contribution in [0.15, 0.2) is 34.8 Å². The molecule has 4 aliphatic rings. The number of rotatable bonds is 5. The average molecular weight is 579 g/mol. The predicted molar refractivity (Wildman–Crippen MR) is 155 cm³/mol. The fraction of sp³-hybridized carbons (Fsp3) is 0.588. The van der Waals surface area contributed by atoms with Crippen molar-refractivity contribution in [1.29, 1.82) is 0 Å². The van der Waals surface area contributed by atoms with Gasteiger partial charge in [-0.1, -0.05) is 47.5 Å². The summed E-state index contributed by atoms with van der Waals surface area (Å²) in [7, 11) is 0. The van der Waals surface area contributed by atoms with Crippen molar-refractivity contribution in [3.63, 3.8) is 0 Å². The van der Waals surface area contributed by atoms with Gasteiger partial charge in [-0.15, -0.1) is 0 Å². The predicted octanol–water partition coefficient (Wildman–Crippen LogP) is 5.75. The lowest BCUT2D eigenvalue weighted by Crippen LogP contribution is -2.67. The molecule has 8 heteroatoms. The number of Topliss-reactive ketones (excluding diaryl/α,β-unsaturated/α-hetero) is 4. The van der Waals surface area contributed by atoms with Crippen LogP contribution < -0.4 is 0 Å². The molecule has 0 spiro atoms. The molecule has 0 saturated heterocycles. The van der Waals surface area contributed by atoms with Crippen LogP contribution in [0.25, 0.3) is 0 Å². The normalized spacial score (nSPS) is 34.7. The summed E-state index contributed by atoms with van der Waals surface area (Å²) in [6, 6.07) is 2.87. The molecule has 0 bridgehead atoms. The van der Waals surface area contributed by atoms with Crippen molar-refractivity contribution in [3.8, 4) is 5.75 Å². The van der Waals surface area contributed by atoms with Gasteiger partial charge in [0.25, 0.3) is 0 Å². The highest BCUT2D eigenvalue weighted by molar-refractivity contribution is 6.25. The van der Waals surface area contributed by atoms with Gasteiger partial charge < -0.3 is 20.4 Å². The molecule has 0 radical (unpaired) electrons. The lowest BCUT2D eigenvalue weighted by molar-refractivity contribution is -0.171. The Balaban J connectivity index is 1.67. The molecule has 0 aliphatic heterocycles. The van der Waals surface area contributed by atoms with Gasteiger partial charge in [-0.25, -0.2) is 0 Å². The fourth-order valence-electron chi connectivity index (χ4n) is 8.90. The van der Waals surface area contributed by atoms with Crippen molar-refractivity contribution in [2.45, 2.75) is 92.1 Å². The molecule has 226 valence electrons. The number of allylic oxidation sites excluding steroid dienone is 2. The van der Waals surface area contributed by atoms with Gasteiger partial charge in [0.2, 0.25) is 5.78 Å². The Morgan fingerprint density at radius 2 is 1.64 bits per heavy atom. The SMILES string of the molecule is CC(=O)C1=C(O)C(C(C)C)[C@@]2(C)C[C@@]3(C)Cc4c(C(=O)CC5CCC(C)CC5)ccc(O)c4C(=O)C3=C(O)[C@@]2(O)C1=O. The van der Waals surface area contributed by atoms with Gasteiger partial charge in [0.05, 0.1) is 5.56 Å². The van der Waals surface area contributed by atoms with Crippen molar-refractivity contribution < 1.29 is 39.6 Å². The first-order chi connectivity index (χ1) is 19.5. The maximum absolute atomic E-state index is 14.2. The van der Waals surface area contributed by atoms with Crippen molar-refractivity contribution in [1.82, 2.24) is 0 Å². The topological polar surface area (TPSA) is 149 Å². The van der Waals surface area contributed by atoms with Crippen LogP contribution in [-0.2, 0) is 16.0 Å². The summed E-state index contributed by atoms with van der Waals surface area (Å²) >= 11 is 0. The molecule has 42 heavy (non-hydrogen) atoms. The summed E-state index contributed by atoms with van der Waals surface area (Å²) in [5.74, 6) is -4.75. The molecule has 1 fully saturated rings. The van der Waals surface area contributed by atoms with Crippen LogP contribution in [0.4, 0.5) is 0 Å². The quantitative estimate of drug-likeness (QED) is 0.255. The third-order valence-corrected chi connectivity index (χ3v) is 10.8. The Morgan fingerprint density at radius 3 is 2.21 bits per heavy atom. The van der Waals surface area contributed by atoms with E-state index in [0.29, 0.717) is 23.5 Å². The van der Waals surface area contributed by atoms with Crippen LogP contribution in [0.2, 0.25) is 0 Å². The molecule has 4 atom stereocenters. The van der Waals surface area contributed by atoms with Gasteiger partial charge in [0, 0.05) is 34.3 Å². The van der Waals surface area contributed by atoms with Crippen LogP contribution in [0.5, 0.6) is 5.75 Å². The van der Waals surface area contributed by atoms with Crippen molar-refractivity contribution in [2.24, 2.45) is 34.5 Å². The molecule has 8 nitrogen and oxygen atoms in total. The lowest BCUT2D eigenvalue weighted by atomic mass is 9.44. The van der Waals surface area contributed by atoms with E-state index in [1.807, 2.05) is 0 Å². The van der Waals surface area contributed by atoms with E-state index in [2.05, 4.69) is 6.92 Å². The minimum atomic E-state index is -2.65. The molecule has 4 aliphatic carbocycles. The first-order valence-electron chi connectivity index (χ1n) is 15.1. The second-order valence-corrected chi connectivity index (χ2v) is 14.2. The Morgan fingerprint density at radius 1 is 1.02 bits per heavy atom. The Hall–Kier alpha value is -3.26. The number of aromatic hydroxyl groups is 1. The molecule has 4 N–H and O–H groups in total. The van der Waals surface area contributed by atoms with E-state index in [-0.39, 0.29) is 47.3 Å². The molecule has 0 amide bonds. The molecular weight excluding hydrogens is 536 g/mol. The number of fused-ring (bicyclic) bond motifs is 3. The van der Waals surface area contributed by atoms with Crippen molar-refractivity contribution in [3.05, 3.63) is 51.5 Å². The van der Waals surface area contributed by atoms with E-state index in [1.165, 1.54) is 6.07 Å². The van der Waals surface area contributed by atoms with Crippen LogP contribution >= 0.6 is 0 Å². The molecule has 5 rings (SSSR count). The maximum atomic E-state index is 14.2. The zero-order chi connectivity index (χ0) is 31.1. The fourth-order valence-corrected chi connectivity index (χ4v) is 8.90. The highest BCUT2D eigenvalue weighted by Crippen LogP contribution is 2.65. The number of carbonyl (C=O) groups is 4. The number of aliphatic hydroxyl groups is 3. The van der Waals surface area contributed by atoms with E-state index in [0.717, 1.165) is 32.6 Å². The molecular formula is C34H42O8. The number of benzene rings is 1. The van der Waals surface area contributed by atoms with E-state index in [4.69, 9.17) is 0 Å². The van der Waals surface area contributed by atoms with E-state index in [1.54, 1.807) is 33.8 Å². The second kappa shape index (κ2) is 9.90. The summed E-state index contributed by atoms with van der Waals surface area (Å²) in [5, 5.41) is 46.0. The minimum Gasteiger partial charge on any atom is -0.511 e. The molecule has 1 aromatic rings. The van der Waals surface area contributed by atoms with Crippen LogP contribution in [0, 0.1) is 34.5 Å². The van der Waals surface area contributed by atoms with Crippen molar-refractivity contribution >= 4 is 23.1 Å². The third-order valence-electron chi connectivity index (χ3n) is 10.8. The number of hydrogen-bond donors (Lipinski definition) is 4. The van der Waals surface area contributed by atoms with Gasteiger partial charge in [-0.2, -0.15) is 0 Å². The summed E-state index contributed by atoms with van der Waals surface area (Å²) in [6.45, 7) is 10.2. The van der Waals surface area contributed by atoms with E-state index in [9.17, 15) is 39.6 Å². The number of phenols is 1.